The second-order valence-electron chi connectivity index (χ2n) is 3.50. The monoisotopic (exact) mass is 298 g/mol. The fourth-order valence-electron chi connectivity index (χ4n) is 1.33. The molecule has 18 heavy (non-hydrogen) atoms. The summed E-state index contributed by atoms with van der Waals surface area (Å²) in [4.78, 5) is 0. The Morgan fingerprint density at radius 3 is 2.33 bits per heavy atom. The summed E-state index contributed by atoms with van der Waals surface area (Å²) in [6.07, 6.45) is 0. The van der Waals surface area contributed by atoms with Gasteiger partial charge in [-0.3, -0.25) is 0 Å². The van der Waals surface area contributed by atoms with Crippen LogP contribution in [0.2, 0.25) is 0 Å². The predicted molar refractivity (Wildman–Crippen MR) is 72.7 cm³/mol. The Kier molecular flexibility index (Phi) is 7.19. The Balaban J connectivity index is 0.000000230. The molecule has 0 N–H and O–H groups in total. The van der Waals surface area contributed by atoms with E-state index in [4.69, 9.17) is 4.74 Å². The smallest absolute Gasteiger partial charge is 0.500 e. The van der Waals surface area contributed by atoms with Crippen molar-refractivity contribution < 1.29 is 21.8 Å². The molecular formula is C15H14FeOS. The summed E-state index contributed by atoms with van der Waals surface area (Å²) in [6, 6.07) is 20.1. The van der Waals surface area contributed by atoms with Crippen LogP contribution in [-0.4, -0.2) is 0 Å². The van der Waals surface area contributed by atoms with E-state index in [1.807, 2.05) is 59.3 Å². The predicted octanol–water partition coefficient (Wildman–Crippen LogP) is 4.45. The van der Waals surface area contributed by atoms with Gasteiger partial charge in [-0.2, -0.15) is 30.3 Å². The average molecular weight is 298 g/mol. The van der Waals surface area contributed by atoms with Gasteiger partial charge in [0.25, 0.3) is 0 Å². The molecule has 0 saturated heterocycles. The van der Waals surface area contributed by atoms with Crippen LogP contribution in [0.3, 0.4) is 0 Å². The average Bonchev–Trinajstić information content (AvgIpc) is 3.12. The molecule has 94 valence electrons. The molecule has 0 aliphatic heterocycles. The quantitative estimate of drug-likeness (QED) is 0.513. The minimum absolute atomic E-state index is 0. The van der Waals surface area contributed by atoms with Crippen molar-refractivity contribution >= 4 is 11.3 Å². The molecule has 0 atom stereocenters. The Morgan fingerprint density at radius 1 is 1.11 bits per heavy atom. The maximum Gasteiger partial charge on any atom is 2.00 e. The largest absolute Gasteiger partial charge is 2.00 e. The second-order valence-corrected chi connectivity index (χ2v) is 4.28. The van der Waals surface area contributed by atoms with Crippen LogP contribution in [0.4, 0.5) is 0 Å². The van der Waals surface area contributed by atoms with Gasteiger partial charge in [0.1, 0.15) is 5.75 Å². The third-order valence-electron chi connectivity index (χ3n) is 2.19. The maximum absolute atomic E-state index is 5.50. The second kappa shape index (κ2) is 8.76. The van der Waals surface area contributed by atoms with Crippen LogP contribution in [0.25, 0.3) is 0 Å². The van der Waals surface area contributed by atoms with Crippen molar-refractivity contribution in [2.45, 2.75) is 6.61 Å². The third-order valence-corrected chi connectivity index (χ3v) is 2.85. The molecular weight excluding hydrogens is 284 g/mol. The molecule has 3 aromatic rings. The first-order valence-electron chi connectivity index (χ1n) is 5.47. The van der Waals surface area contributed by atoms with E-state index in [1.165, 1.54) is 5.56 Å². The molecule has 2 aromatic carbocycles. The first-order chi connectivity index (χ1) is 8.45. The van der Waals surface area contributed by atoms with Crippen LogP contribution >= 0.6 is 11.3 Å². The molecule has 3 rings (SSSR count). The molecule has 1 heterocycles. The molecule has 0 bridgehead atoms. The van der Waals surface area contributed by atoms with E-state index in [0.29, 0.717) is 6.61 Å². The molecule has 0 radical (unpaired) electrons. The normalized spacial score (nSPS) is 8.89. The first kappa shape index (κ1) is 14.8. The van der Waals surface area contributed by atoms with Gasteiger partial charge in [0.2, 0.25) is 0 Å². The summed E-state index contributed by atoms with van der Waals surface area (Å²) in [5, 5.41) is 4.02. The summed E-state index contributed by atoms with van der Waals surface area (Å²) < 4.78 is 5.50. The van der Waals surface area contributed by atoms with E-state index in [-0.39, 0.29) is 17.1 Å². The zero-order chi connectivity index (χ0) is 11.8. The molecule has 0 unspecified atom stereocenters. The number of ether oxygens (including phenoxy) is 1. The van der Waals surface area contributed by atoms with Gasteiger partial charge >= 0.3 is 17.1 Å². The van der Waals surface area contributed by atoms with Crippen molar-refractivity contribution in [3.63, 3.8) is 0 Å². The van der Waals surface area contributed by atoms with Crippen LogP contribution in [-0.2, 0) is 23.7 Å². The molecule has 3 heteroatoms. The molecule has 0 amide bonds. The molecule has 0 aliphatic carbocycles. The van der Waals surface area contributed by atoms with Gasteiger partial charge in [-0.25, -0.2) is 24.3 Å². The zero-order valence-electron chi connectivity index (χ0n) is 9.81. The summed E-state index contributed by atoms with van der Waals surface area (Å²) >= 11 is 1.65. The summed E-state index contributed by atoms with van der Waals surface area (Å²) in [6.45, 7) is 0.670. The standard InChI is InChI=1S/C10H9OS.C5H5.Fe/c1-2-4-9(3-1)7-11-10-5-6-12-8-10;1-2-4-5-3-1;/h1-6,8H,7H2;1-5H;/q2*-1;+2. The Labute approximate surface area is 122 Å². The maximum atomic E-state index is 5.50. The van der Waals surface area contributed by atoms with Gasteiger partial charge in [-0.05, 0) is 11.4 Å². The fourth-order valence-corrected chi connectivity index (χ4v) is 1.90. The summed E-state index contributed by atoms with van der Waals surface area (Å²) in [7, 11) is 0. The van der Waals surface area contributed by atoms with E-state index in [1.54, 1.807) is 11.3 Å². The molecule has 0 fully saturated rings. The van der Waals surface area contributed by atoms with Crippen LogP contribution in [0.1, 0.15) is 5.56 Å². The Morgan fingerprint density at radius 2 is 1.83 bits per heavy atom. The van der Waals surface area contributed by atoms with E-state index in [0.717, 1.165) is 5.75 Å². The van der Waals surface area contributed by atoms with E-state index >= 15 is 0 Å². The van der Waals surface area contributed by atoms with Gasteiger partial charge in [0, 0.05) is 5.38 Å². The summed E-state index contributed by atoms with van der Waals surface area (Å²) in [5.74, 6) is 0.959. The van der Waals surface area contributed by atoms with Gasteiger partial charge in [0.05, 0.1) is 6.61 Å². The topological polar surface area (TPSA) is 9.23 Å². The Hall–Kier alpha value is -1.28. The van der Waals surface area contributed by atoms with E-state index in [9.17, 15) is 0 Å². The minimum Gasteiger partial charge on any atom is -0.500 e. The van der Waals surface area contributed by atoms with Gasteiger partial charge < -0.3 is 4.74 Å². The molecule has 1 nitrogen and oxygen atoms in total. The van der Waals surface area contributed by atoms with Gasteiger partial charge in [-0.1, -0.05) is 0 Å². The van der Waals surface area contributed by atoms with Gasteiger partial charge in [-0.15, -0.1) is 16.9 Å². The van der Waals surface area contributed by atoms with E-state index < -0.39 is 0 Å². The van der Waals surface area contributed by atoms with Gasteiger partial charge in [0.15, 0.2) is 0 Å². The summed E-state index contributed by atoms with van der Waals surface area (Å²) in [5.41, 5.74) is 1.22. The SMILES string of the molecule is [Fe+2].c1cc[c-](COc2ccsc2)c1.c1cc[cH-]c1. The number of hydrogen-bond acceptors (Lipinski definition) is 2. The minimum atomic E-state index is 0. The number of thiophene rings is 1. The number of rotatable bonds is 3. The van der Waals surface area contributed by atoms with Crippen molar-refractivity contribution in [2.24, 2.45) is 0 Å². The molecule has 0 aliphatic rings. The Bertz CT molecular complexity index is 417. The van der Waals surface area contributed by atoms with Crippen molar-refractivity contribution in [1.29, 1.82) is 0 Å². The van der Waals surface area contributed by atoms with Crippen LogP contribution in [0, 0.1) is 0 Å². The first-order valence-corrected chi connectivity index (χ1v) is 6.42. The van der Waals surface area contributed by atoms with Crippen molar-refractivity contribution in [3.05, 3.63) is 77.0 Å². The van der Waals surface area contributed by atoms with Crippen molar-refractivity contribution in [1.82, 2.24) is 0 Å². The van der Waals surface area contributed by atoms with Crippen LogP contribution in [0.5, 0.6) is 5.75 Å². The van der Waals surface area contributed by atoms with Crippen LogP contribution < -0.4 is 4.74 Å². The number of hydrogen-bond donors (Lipinski definition) is 0. The molecule has 0 saturated carbocycles. The third kappa shape index (κ3) is 5.37. The molecule has 0 spiro atoms. The zero-order valence-corrected chi connectivity index (χ0v) is 11.7. The van der Waals surface area contributed by atoms with Crippen LogP contribution in [0.15, 0.2) is 71.4 Å². The van der Waals surface area contributed by atoms with Crippen molar-refractivity contribution in [3.8, 4) is 5.75 Å². The van der Waals surface area contributed by atoms with Crippen molar-refractivity contribution in [2.75, 3.05) is 0 Å². The molecule has 1 aromatic heterocycles. The fraction of sp³-hybridized carbons (Fsp3) is 0.0667. The van der Waals surface area contributed by atoms with E-state index in [2.05, 4.69) is 12.1 Å².